The number of pyridine rings is 1. The lowest BCUT2D eigenvalue weighted by molar-refractivity contribution is 0.180. The molecule has 0 aliphatic carbocycles. The van der Waals surface area contributed by atoms with Crippen molar-refractivity contribution in [2.45, 2.75) is 26.7 Å². The van der Waals surface area contributed by atoms with Gasteiger partial charge in [-0.2, -0.15) is 0 Å². The van der Waals surface area contributed by atoms with Crippen LogP contribution in [0.1, 0.15) is 24.5 Å². The standard InChI is InChI=1S/C18H33N5O/c1-5-20-18(22-11-13-23(3)12-6-14-24-4)21-10-8-17-7-9-19-15-16(17)2/h7,9,15H,5-6,8,10-14H2,1-4H3,(H2,20,21,22). The minimum absolute atomic E-state index is 0.785. The summed E-state index contributed by atoms with van der Waals surface area (Å²) in [5.41, 5.74) is 2.56. The first-order valence-corrected chi connectivity index (χ1v) is 8.76. The monoisotopic (exact) mass is 335 g/mol. The minimum atomic E-state index is 0.785. The quantitative estimate of drug-likeness (QED) is 0.364. The molecule has 0 unspecified atom stereocenters. The summed E-state index contributed by atoms with van der Waals surface area (Å²) in [6.07, 6.45) is 5.78. The van der Waals surface area contributed by atoms with Gasteiger partial charge in [-0.3, -0.25) is 9.98 Å². The maximum Gasteiger partial charge on any atom is 0.191 e. The molecule has 2 N–H and O–H groups in total. The van der Waals surface area contributed by atoms with Gasteiger partial charge in [0.1, 0.15) is 0 Å². The van der Waals surface area contributed by atoms with E-state index in [-0.39, 0.29) is 0 Å². The largest absolute Gasteiger partial charge is 0.385 e. The van der Waals surface area contributed by atoms with E-state index in [0.29, 0.717) is 0 Å². The number of nitrogens with one attached hydrogen (secondary N) is 2. The van der Waals surface area contributed by atoms with Gasteiger partial charge in [-0.25, -0.2) is 0 Å². The van der Waals surface area contributed by atoms with Crippen LogP contribution in [-0.4, -0.2) is 69.3 Å². The van der Waals surface area contributed by atoms with Crippen molar-refractivity contribution in [1.82, 2.24) is 20.5 Å². The molecule has 6 heteroatoms. The molecule has 1 rings (SSSR count). The van der Waals surface area contributed by atoms with Crippen LogP contribution in [0, 0.1) is 6.92 Å². The minimum Gasteiger partial charge on any atom is -0.385 e. The Morgan fingerprint density at radius 3 is 2.88 bits per heavy atom. The maximum atomic E-state index is 5.08. The average Bonchev–Trinajstić information content (AvgIpc) is 2.57. The fourth-order valence-corrected chi connectivity index (χ4v) is 2.36. The Morgan fingerprint density at radius 1 is 1.33 bits per heavy atom. The summed E-state index contributed by atoms with van der Waals surface area (Å²) >= 11 is 0. The average molecular weight is 335 g/mol. The number of aliphatic imine (C=N–C) groups is 1. The Balaban J connectivity index is 2.33. The molecule has 1 aromatic rings. The molecule has 0 saturated carbocycles. The smallest absolute Gasteiger partial charge is 0.191 e. The molecule has 6 nitrogen and oxygen atoms in total. The number of guanidine groups is 1. The molecule has 1 heterocycles. The summed E-state index contributed by atoms with van der Waals surface area (Å²) in [5, 5.41) is 6.70. The highest BCUT2D eigenvalue weighted by molar-refractivity contribution is 5.79. The number of ether oxygens (including phenoxy) is 1. The van der Waals surface area contributed by atoms with Crippen molar-refractivity contribution in [3.63, 3.8) is 0 Å². The SMILES string of the molecule is CCNC(=NCCN(C)CCCOC)NCCc1ccncc1C. The number of aryl methyl sites for hydroxylation is 1. The predicted octanol–water partition coefficient (Wildman–Crippen LogP) is 1.46. The van der Waals surface area contributed by atoms with Crippen LogP contribution < -0.4 is 10.6 Å². The summed E-state index contributed by atoms with van der Waals surface area (Å²) in [4.78, 5) is 11.1. The molecule has 0 aliphatic rings. The van der Waals surface area contributed by atoms with Gasteiger partial charge in [0.05, 0.1) is 6.54 Å². The van der Waals surface area contributed by atoms with Crippen molar-refractivity contribution >= 4 is 5.96 Å². The Labute approximate surface area is 146 Å². The molecule has 0 spiro atoms. The lowest BCUT2D eigenvalue weighted by Gasteiger charge is -2.16. The highest BCUT2D eigenvalue weighted by atomic mass is 16.5. The van der Waals surface area contributed by atoms with Crippen molar-refractivity contribution < 1.29 is 4.74 Å². The van der Waals surface area contributed by atoms with Gasteiger partial charge < -0.3 is 20.3 Å². The molecule has 0 saturated heterocycles. The van der Waals surface area contributed by atoms with E-state index >= 15 is 0 Å². The van der Waals surface area contributed by atoms with Gasteiger partial charge >= 0.3 is 0 Å². The molecule has 0 bridgehead atoms. The fourth-order valence-electron chi connectivity index (χ4n) is 2.36. The van der Waals surface area contributed by atoms with Crippen molar-refractivity contribution in [3.05, 3.63) is 29.6 Å². The summed E-state index contributed by atoms with van der Waals surface area (Å²) in [7, 11) is 3.86. The van der Waals surface area contributed by atoms with Crippen molar-refractivity contribution in [1.29, 1.82) is 0 Å². The molecular formula is C18H33N5O. The van der Waals surface area contributed by atoms with E-state index < -0.39 is 0 Å². The number of nitrogens with zero attached hydrogens (tertiary/aromatic N) is 3. The van der Waals surface area contributed by atoms with Crippen LogP contribution in [0.5, 0.6) is 0 Å². The van der Waals surface area contributed by atoms with Crippen LogP contribution in [0.3, 0.4) is 0 Å². The number of aromatic nitrogens is 1. The van der Waals surface area contributed by atoms with Gasteiger partial charge in [0.2, 0.25) is 0 Å². The fraction of sp³-hybridized carbons (Fsp3) is 0.667. The zero-order chi connectivity index (χ0) is 17.6. The first kappa shape index (κ1) is 20.4. The van der Waals surface area contributed by atoms with E-state index in [1.54, 1.807) is 7.11 Å². The molecule has 0 aliphatic heterocycles. The third-order valence-electron chi connectivity index (χ3n) is 3.81. The van der Waals surface area contributed by atoms with Crippen LogP contribution in [0.4, 0.5) is 0 Å². The van der Waals surface area contributed by atoms with Crippen LogP contribution in [-0.2, 0) is 11.2 Å². The number of hydrogen-bond acceptors (Lipinski definition) is 4. The zero-order valence-corrected chi connectivity index (χ0v) is 15.6. The summed E-state index contributed by atoms with van der Waals surface area (Å²) in [6, 6.07) is 2.08. The Kier molecular flexibility index (Phi) is 10.8. The first-order valence-electron chi connectivity index (χ1n) is 8.76. The van der Waals surface area contributed by atoms with E-state index in [2.05, 4.69) is 52.5 Å². The lowest BCUT2D eigenvalue weighted by Crippen LogP contribution is -2.39. The van der Waals surface area contributed by atoms with Crippen LogP contribution >= 0.6 is 0 Å². The Morgan fingerprint density at radius 2 is 2.17 bits per heavy atom. The van der Waals surface area contributed by atoms with E-state index in [1.807, 2.05) is 12.4 Å². The van der Waals surface area contributed by atoms with E-state index in [1.165, 1.54) is 11.1 Å². The van der Waals surface area contributed by atoms with Gasteiger partial charge in [0, 0.05) is 52.3 Å². The molecule has 0 aromatic carbocycles. The van der Waals surface area contributed by atoms with Gasteiger partial charge in [0.15, 0.2) is 5.96 Å². The molecule has 0 fully saturated rings. The molecule has 1 aromatic heterocycles. The van der Waals surface area contributed by atoms with E-state index in [4.69, 9.17) is 4.74 Å². The second kappa shape index (κ2) is 12.7. The third kappa shape index (κ3) is 8.84. The highest BCUT2D eigenvalue weighted by Gasteiger charge is 2.01. The van der Waals surface area contributed by atoms with E-state index in [0.717, 1.165) is 58.1 Å². The van der Waals surface area contributed by atoms with Crippen molar-refractivity contribution in [2.75, 3.05) is 53.5 Å². The molecule has 0 amide bonds. The summed E-state index contributed by atoms with van der Waals surface area (Å²) in [5.74, 6) is 0.884. The first-order chi connectivity index (χ1) is 11.7. The van der Waals surface area contributed by atoms with Crippen LogP contribution in [0.25, 0.3) is 0 Å². The lowest BCUT2D eigenvalue weighted by atomic mass is 10.1. The van der Waals surface area contributed by atoms with Gasteiger partial charge in [-0.15, -0.1) is 0 Å². The number of methoxy groups -OCH3 is 1. The van der Waals surface area contributed by atoms with Crippen LogP contribution in [0.2, 0.25) is 0 Å². The summed E-state index contributed by atoms with van der Waals surface area (Å²) in [6.45, 7) is 9.49. The van der Waals surface area contributed by atoms with Crippen LogP contribution in [0.15, 0.2) is 23.5 Å². The normalized spacial score (nSPS) is 11.8. The number of rotatable bonds is 11. The van der Waals surface area contributed by atoms with E-state index in [9.17, 15) is 0 Å². The van der Waals surface area contributed by atoms with Gasteiger partial charge in [-0.05, 0) is 50.9 Å². The molecule has 0 radical (unpaired) electrons. The molecule has 0 atom stereocenters. The number of likely N-dealkylation sites (N-methyl/N-ethyl adjacent to an activating group) is 1. The number of hydrogen-bond donors (Lipinski definition) is 2. The van der Waals surface area contributed by atoms with Gasteiger partial charge in [-0.1, -0.05) is 0 Å². The second-order valence-corrected chi connectivity index (χ2v) is 5.89. The molecule has 136 valence electrons. The van der Waals surface area contributed by atoms with Crippen molar-refractivity contribution in [2.24, 2.45) is 4.99 Å². The summed E-state index contributed by atoms with van der Waals surface area (Å²) < 4.78 is 5.08. The molecule has 24 heavy (non-hydrogen) atoms. The van der Waals surface area contributed by atoms with Gasteiger partial charge in [0.25, 0.3) is 0 Å². The second-order valence-electron chi connectivity index (χ2n) is 5.89. The highest BCUT2D eigenvalue weighted by Crippen LogP contribution is 2.04. The van der Waals surface area contributed by atoms with Crippen molar-refractivity contribution in [3.8, 4) is 0 Å². The maximum absolute atomic E-state index is 5.08. The third-order valence-corrected chi connectivity index (χ3v) is 3.81. The molecular weight excluding hydrogens is 302 g/mol. The topological polar surface area (TPSA) is 61.8 Å². The zero-order valence-electron chi connectivity index (χ0n) is 15.6. The Hall–Kier alpha value is -1.66. The Bertz CT molecular complexity index is 478. The predicted molar refractivity (Wildman–Crippen MR) is 101 cm³/mol.